The summed E-state index contributed by atoms with van der Waals surface area (Å²) in [6.45, 7) is 7.25. The lowest BCUT2D eigenvalue weighted by Crippen LogP contribution is -1.98. The molecule has 0 aromatic rings. The minimum absolute atomic E-state index is 0.865. The first-order valence-corrected chi connectivity index (χ1v) is 4.23. The molecule has 1 heteroatoms. The average Bonchev–Trinajstić information content (AvgIpc) is 2.17. The summed E-state index contributed by atoms with van der Waals surface area (Å²) in [6, 6.07) is 0. The predicted molar refractivity (Wildman–Crippen MR) is 58.8 cm³/mol. The van der Waals surface area contributed by atoms with Gasteiger partial charge < -0.3 is 0 Å². The third-order valence-corrected chi connectivity index (χ3v) is 1.67. The fourth-order valence-corrected chi connectivity index (χ4v) is 1.09. The number of hydrogen-bond acceptors (Lipinski definition) is 1. The molecule has 0 saturated carbocycles. The summed E-state index contributed by atoms with van der Waals surface area (Å²) in [6.07, 6.45) is 14.3. The van der Waals surface area contributed by atoms with Crippen molar-refractivity contribution in [2.24, 2.45) is 4.99 Å². The van der Waals surface area contributed by atoms with E-state index in [1.165, 1.54) is 0 Å². The van der Waals surface area contributed by atoms with Crippen LogP contribution in [0.5, 0.6) is 0 Å². The number of hydrogen-bond donors (Lipinski definition) is 0. The molecule has 0 amide bonds. The second-order valence-corrected chi connectivity index (χ2v) is 2.60. The Kier molecular flexibility index (Phi) is 3.71. The van der Waals surface area contributed by atoms with Crippen LogP contribution in [0.2, 0.25) is 0 Å². The van der Waals surface area contributed by atoms with Crippen molar-refractivity contribution in [2.75, 3.05) is 0 Å². The molecule has 1 aliphatic rings. The zero-order valence-electron chi connectivity index (χ0n) is 7.61. The topological polar surface area (TPSA) is 12.4 Å². The van der Waals surface area contributed by atoms with Crippen LogP contribution in [-0.2, 0) is 0 Å². The van der Waals surface area contributed by atoms with Crippen LogP contribution in [0.3, 0.4) is 0 Å². The Labute approximate surface area is 79.2 Å². The summed E-state index contributed by atoms with van der Waals surface area (Å²) < 4.78 is 0. The molecule has 13 heavy (non-hydrogen) atoms. The van der Waals surface area contributed by atoms with Gasteiger partial charge in [-0.1, -0.05) is 37.0 Å². The molecule has 0 N–H and O–H groups in total. The van der Waals surface area contributed by atoms with Gasteiger partial charge in [0.25, 0.3) is 0 Å². The van der Waals surface area contributed by atoms with Gasteiger partial charge in [-0.25, -0.2) is 0 Å². The molecule has 0 atom stereocenters. The molecule has 66 valence electrons. The molecule has 0 saturated heterocycles. The Morgan fingerprint density at radius 3 is 2.69 bits per heavy atom. The number of allylic oxidation sites excluding steroid dienone is 7. The summed E-state index contributed by atoms with van der Waals surface area (Å²) in [7, 11) is 0. The number of rotatable bonds is 3. The van der Waals surface area contributed by atoms with E-state index in [0.29, 0.717) is 0 Å². The standard InChI is InChI=1S/C12H13N/c1-3-5-8-11-9-6-7-10-12(11)13-4-2/h3-4,6-10H,1-2,5H2/b11-8-,13-12-. The Morgan fingerprint density at radius 2 is 2.00 bits per heavy atom. The van der Waals surface area contributed by atoms with E-state index in [1.54, 1.807) is 6.20 Å². The summed E-state index contributed by atoms with van der Waals surface area (Å²) >= 11 is 0. The molecule has 0 radical (unpaired) electrons. The first-order valence-electron chi connectivity index (χ1n) is 4.23. The highest BCUT2D eigenvalue weighted by Crippen LogP contribution is 2.09. The van der Waals surface area contributed by atoms with Crippen LogP contribution in [0, 0.1) is 0 Å². The maximum absolute atomic E-state index is 4.16. The van der Waals surface area contributed by atoms with E-state index in [1.807, 2.05) is 30.4 Å². The van der Waals surface area contributed by atoms with Crippen LogP contribution in [0.1, 0.15) is 6.42 Å². The Morgan fingerprint density at radius 1 is 1.23 bits per heavy atom. The third kappa shape index (κ3) is 2.71. The summed E-state index contributed by atoms with van der Waals surface area (Å²) in [5.74, 6) is 0. The highest BCUT2D eigenvalue weighted by atomic mass is 14.7. The van der Waals surface area contributed by atoms with Gasteiger partial charge in [0.2, 0.25) is 0 Å². The maximum atomic E-state index is 4.16. The van der Waals surface area contributed by atoms with E-state index in [2.05, 4.69) is 24.2 Å². The van der Waals surface area contributed by atoms with Gasteiger partial charge in [0, 0.05) is 6.20 Å². The van der Waals surface area contributed by atoms with Crippen molar-refractivity contribution in [3.63, 3.8) is 0 Å². The molecule has 1 rings (SSSR count). The second-order valence-electron chi connectivity index (χ2n) is 2.60. The highest BCUT2D eigenvalue weighted by molar-refractivity contribution is 6.11. The summed E-state index contributed by atoms with van der Waals surface area (Å²) in [4.78, 5) is 4.16. The highest BCUT2D eigenvalue weighted by Gasteiger charge is 2.00. The summed E-state index contributed by atoms with van der Waals surface area (Å²) in [5, 5.41) is 0. The van der Waals surface area contributed by atoms with Gasteiger partial charge in [-0.3, -0.25) is 4.99 Å². The third-order valence-electron chi connectivity index (χ3n) is 1.67. The SMILES string of the molecule is C=CC/C=C1/C=CC=C/C1=N/C=C. The van der Waals surface area contributed by atoms with Crippen LogP contribution in [0.4, 0.5) is 0 Å². The van der Waals surface area contributed by atoms with Crippen molar-refractivity contribution in [3.05, 3.63) is 61.4 Å². The van der Waals surface area contributed by atoms with Crippen LogP contribution in [-0.4, -0.2) is 5.71 Å². The van der Waals surface area contributed by atoms with E-state index < -0.39 is 0 Å². The molecular formula is C12H13N. The van der Waals surface area contributed by atoms with Crippen LogP contribution < -0.4 is 0 Å². The first-order chi connectivity index (χ1) is 6.38. The van der Waals surface area contributed by atoms with Crippen molar-refractivity contribution in [2.45, 2.75) is 6.42 Å². The maximum Gasteiger partial charge on any atom is 0.0698 e. The van der Waals surface area contributed by atoms with Gasteiger partial charge in [0.1, 0.15) is 0 Å². The monoisotopic (exact) mass is 171 g/mol. The predicted octanol–water partition coefficient (Wildman–Crippen LogP) is 3.20. The van der Waals surface area contributed by atoms with Crippen molar-refractivity contribution >= 4 is 5.71 Å². The van der Waals surface area contributed by atoms with Gasteiger partial charge in [-0.05, 0) is 18.1 Å². The molecular weight excluding hydrogens is 158 g/mol. The van der Waals surface area contributed by atoms with Crippen LogP contribution >= 0.6 is 0 Å². The average molecular weight is 171 g/mol. The molecule has 0 spiro atoms. The molecule has 1 nitrogen and oxygen atoms in total. The molecule has 0 aromatic heterocycles. The van der Waals surface area contributed by atoms with Crippen molar-refractivity contribution in [1.29, 1.82) is 0 Å². The van der Waals surface area contributed by atoms with E-state index in [0.717, 1.165) is 17.7 Å². The van der Waals surface area contributed by atoms with E-state index >= 15 is 0 Å². The van der Waals surface area contributed by atoms with Crippen molar-refractivity contribution in [1.82, 2.24) is 0 Å². The fourth-order valence-electron chi connectivity index (χ4n) is 1.09. The Bertz CT molecular complexity index is 314. The lowest BCUT2D eigenvalue weighted by atomic mass is 10.0. The van der Waals surface area contributed by atoms with E-state index in [-0.39, 0.29) is 0 Å². The van der Waals surface area contributed by atoms with Gasteiger partial charge in [-0.15, -0.1) is 6.58 Å². The fraction of sp³-hybridized carbons (Fsp3) is 0.0833. The van der Waals surface area contributed by atoms with Gasteiger partial charge in [0.15, 0.2) is 0 Å². The number of aliphatic imine (C=N–C) groups is 1. The number of nitrogens with zero attached hydrogens (tertiary/aromatic N) is 1. The van der Waals surface area contributed by atoms with Crippen LogP contribution in [0.15, 0.2) is 66.4 Å². The van der Waals surface area contributed by atoms with Crippen molar-refractivity contribution in [3.8, 4) is 0 Å². The van der Waals surface area contributed by atoms with Crippen LogP contribution in [0.25, 0.3) is 0 Å². The lowest BCUT2D eigenvalue weighted by Gasteiger charge is -2.04. The molecule has 0 aromatic carbocycles. The minimum atomic E-state index is 0.865. The first kappa shape index (κ1) is 9.46. The van der Waals surface area contributed by atoms with Gasteiger partial charge >= 0.3 is 0 Å². The van der Waals surface area contributed by atoms with E-state index in [4.69, 9.17) is 0 Å². The minimum Gasteiger partial charge on any atom is -0.257 e. The zero-order chi connectivity index (χ0) is 9.52. The normalized spacial score (nSPS) is 20.9. The molecule has 0 aliphatic heterocycles. The largest absolute Gasteiger partial charge is 0.257 e. The smallest absolute Gasteiger partial charge is 0.0698 e. The second kappa shape index (κ2) is 5.09. The Balaban J connectivity index is 2.88. The quantitative estimate of drug-likeness (QED) is 0.578. The zero-order valence-corrected chi connectivity index (χ0v) is 7.61. The Hall–Kier alpha value is -1.63. The van der Waals surface area contributed by atoms with Crippen molar-refractivity contribution < 1.29 is 0 Å². The van der Waals surface area contributed by atoms with Gasteiger partial charge in [-0.2, -0.15) is 0 Å². The molecule has 0 heterocycles. The molecule has 1 aliphatic carbocycles. The molecule has 0 bridgehead atoms. The summed E-state index contributed by atoms with van der Waals surface area (Å²) in [5.41, 5.74) is 2.08. The van der Waals surface area contributed by atoms with E-state index in [9.17, 15) is 0 Å². The lowest BCUT2D eigenvalue weighted by molar-refractivity contribution is 1.38. The van der Waals surface area contributed by atoms with Gasteiger partial charge in [0.05, 0.1) is 5.71 Å². The molecule has 0 unspecified atom stereocenters. The molecule has 0 fully saturated rings.